The average molecular weight is 391 g/mol. The number of carbonyl (C=O) groups is 1. The third-order valence-corrected chi connectivity index (χ3v) is 5.64. The van der Waals surface area contributed by atoms with Gasteiger partial charge in [0.2, 0.25) is 5.91 Å². The van der Waals surface area contributed by atoms with E-state index in [4.69, 9.17) is 0 Å². The highest BCUT2D eigenvalue weighted by Gasteiger charge is 2.15. The molecule has 1 aliphatic heterocycles. The molecule has 0 radical (unpaired) electrons. The Labute approximate surface area is 162 Å². The lowest BCUT2D eigenvalue weighted by atomic mass is 10.2. The van der Waals surface area contributed by atoms with Crippen molar-refractivity contribution in [1.82, 2.24) is 4.90 Å². The van der Waals surface area contributed by atoms with Gasteiger partial charge in [-0.05, 0) is 42.9 Å². The number of anilines is 2. The lowest BCUT2D eigenvalue weighted by molar-refractivity contribution is -0.113. The van der Waals surface area contributed by atoms with Crippen LogP contribution in [0.4, 0.5) is 20.2 Å². The molecule has 0 aliphatic carbocycles. The minimum atomic E-state index is -0.652. The van der Waals surface area contributed by atoms with Crippen LogP contribution in [-0.4, -0.2) is 49.3 Å². The first kappa shape index (κ1) is 19.6. The van der Waals surface area contributed by atoms with Crippen LogP contribution in [0.3, 0.4) is 0 Å². The Balaban J connectivity index is 1.50. The number of benzene rings is 2. The highest BCUT2D eigenvalue weighted by atomic mass is 32.2. The molecule has 0 atom stereocenters. The van der Waals surface area contributed by atoms with Crippen LogP contribution in [0.5, 0.6) is 0 Å². The van der Waals surface area contributed by atoms with Gasteiger partial charge < -0.3 is 15.1 Å². The lowest BCUT2D eigenvalue weighted by Gasteiger charge is -2.35. The van der Waals surface area contributed by atoms with E-state index in [1.54, 1.807) is 0 Å². The molecule has 0 unspecified atom stereocenters. The molecule has 0 aromatic heterocycles. The molecule has 3 rings (SSSR count). The summed E-state index contributed by atoms with van der Waals surface area (Å²) in [4.78, 5) is 17.1. The minimum Gasteiger partial charge on any atom is -0.369 e. The molecule has 0 saturated carbocycles. The zero-order chi connectivity index (χ0) is 19.2. The van der Waals surface area contributed by atoms with Gasteiger partial charge in [0.25, 0.3) is 0 Å². The topological polar surface area (TPSA) is 35.6 Å². The molecular weight excluding hydrogens is 368 g/mol. The second-order valence-electron chi connectivity index (χ2n) is 6.38. The van der Waals surface area contributed by atoms with Gasteiger partial charge in [-0.1, -0.05) is 6.92 Å². The van der Waals surface area contributed by atoms with E-state index in [1.165, 1.54) is 12.1 Å². The molecule has 1 fully saturated rings. The van der Waals surface area contributed by atoms with Gasteiger partial charge >= 0.3 is 0 Å². The summed E-state index contributed by atoms with van der Waals surface area (Å²) in [5.74, 6) is -1.45. The van der Waals surface area contributed by atoms with E-state index in [1.807, 2.05) is 24.3 Å². The number of rotatable bonds is 6. The Hall–Kier alpha value is -2.12. The average Bonchev–Trinajstić information content (AvgIpc) is 2.68. The molecular formula is C20H23F2N3OS. The minimum absolute atomic E-state index is 0.0588. The highest BCUT2D eigenvalue weighted by molar-refractivity contribution is 8.00. The molecule has 1 heterocycles. The molecule has 0 bridgehead atoms. The van der Waals surface area contributed by atoms with Crippen molar-refractivity contribution in [2.24, 2.45) is 0 Å². The van der Waals surface area contributed by atoms with Gasteiger partial charge in [0.05, 0.1) is 5.75 Å². The molecule has 1 aliphatic rings. The number of hydrogen-bond donors (Lipinski definition) is 1. The maximum Gasteiger partial charge on any atom is 0.234 e. The van der Waals surface area contributed by atoms with E-state index in [9.17, 15) is 13.6 Å². The van der Waals surface area contributed by atoms with Gasteiger partial charge in [0, 0.05) is 48.5 Å². The largest absolute Gasteiger partial charge is 0.369 e. The molecule has 27 heavy (non-hydrogen) atoms. The standard InChI is InChI=1S/C20H23F2N3OS/c1-2-24-9-11-25(12-10-24)17-6-4-16(5-7-17)23-20(26)14-27-19-8-3-15(21)13-18(19)22/h3-8,13H,2,9-12,14H2,1H3,(H,23,26). The molecule has 2 aromatic rings. The first-order valence-corrected chi connectivity index (χ1v) is 9.99. The van der Waals surface area contributed by atoms with Gasteiger partial charge in [-0.3, -0.25) is 4.79 Å². The van der Waals surface area contributed by atoms with Crippen LogP contribution in [0.2, 0.25) is 0 Å². The normalized spacial score (nSPS) is 15.0. The van der Waals surface area contributed by atoms with Crippen LogP contribution in [-0.2, 0) is 4.79 Å². The van der Waals surface area contributed by atoms with Crippen LogP contribution in [0.1, 0.15) is 6.92 Å². The van der Waals surface area contributed by atoms with Gasteiger partial charge in [0.15, 0.2) is 0 Å². The van der Waals surface area contributed by atoms with Crippen molar-refractivity contribution in [3.05, 3.63) is 54.1 Å². The zero-order valence-corrected chi connectivity index (χ0v) is 16.1. The monoisotopic (exact) mass is 391 g/mol. The van der Waals surface area contributed by atoms with Crippen molar-refractivity contribution >= 4 is 29.0 Å². The summed E-state index contributed by atoms with van der Waals surface area (Å²) in [6.07, 6.45) is 0. The first-order chi connectivity index (χ1) is 13.0. The summed E-state index contributed by atoms with van der Waals surface area (Å²) in [5.41, 5.74) is 1.85. The summed E-state index contributed by atoms with van der Waals surface area (Å²) in [6, 6.07) is 11.1. The van der Waals surface area contributed by atoms with Crippen LogP contribution in [0.25, 0.3) is 0 Å². The first-order valence-electron chi connectivity index (χ1n) is 9.00. The van der Waals surface area contributed by atoms with Crippen LogP contribution in [0.15, 0.2) is 47.4 Å². The van der Waals surface area contributed by atoms with E-state index < -0.39 is 11.6 Å². The third-order valence-electron chi connectivity index (χ3n) is 4.59. The number of piperazine rings is 1. The fourth-order valence-corrected chi connectivity index (χ4v) is 3.73. The van der Waals surface area contributed by atoms with Crippen LogP contribution < -0.4 is 10.2 Å². The maximum absolute atomic E-state index is 13.6. The van der Waals surface area contributed by atoms with Gasteiger partial charge in [-0.15, -0.1) is 11.8 Å². The van der Waals surface area contributed by atoms with Gasteiger partial charge in [-0.25, -0.2) is 8.78 Å². The van der Waals surface area contributed by atoms with Gasteiger partial charge in [-0.2, -0.15) is 0 Å². The second kappa shape index (κ2) is 9.19. The predicted molar refractivity (Wildman–Crippen MR) is 106 cm³/mol. The summed E-state index contributed by atoms with van der Waals surface area (Å²) >= 11 is 1.04. The third kappa shape index (κ3) is 5.43. The number of carbonyl (C=O) groups excluding carboxylic acids is 1. The van der Waals surface area contributed by atoms with Crippen molar-refractivity contribution in [3.63, 3.8) is 0 Å². The predicted octanol–water partition coefficient (Wildman–Crippen LogP) is 3.84. The molecule has 0 spiro atoms. The maximum atomic E-state index is 13.6. The number of nitrogens with one attached hydrogen (secondary N) is 1. The van der Waals surface area contributed by atoms with Crippen LogP contribution in [0, 0.1) is 11.6 Å². The second-order valence-corrected chi connectivity index (χ2v) is 7.40. The van der Waals surface area contributed by atoms with Crippen molar-refractivity contribution in [2.75, 3.05) is 48.7 Å². The summed E-state index contributed by atoms with van der Waals surface area (Å²) in [5, 5.41) is 2.81. The Bertz CT molecular complexity index is 777. The number of likely N-dealkylation sites (N-methyl/N-ethyl adjacent to an activating group) is 1. The molecule has 1 amide bonds. The quantitative estimate of drug-likeness (QED) is 0.759. The fraction of sp³-hybridized carbons (Fsp3) is 0.350. The summed E-state index contributed by atoms with van der Waals surface area (Å²) in [7, 11) is 0. The summed E-state index contributed by atoms with van der Waals surface area (Å²) < 4.78 is 26.5. The number of thioether (sulfide) groups is 1. The van der Waals surface area contributed by atoms with Crippen molar-refractivity contribution in [3.8, 4) is 0 Å². The molecule has 2 aromatic carbocycles. The highest BCUT2D eigenvalue weighted by Crippen LogP contribution is 2.23. The molecule has 144 valence electrons. The van der Waals surface area contributed by atoms with E-state index >= 15 is 0 Å². The smallest absolute Gasteiger partial charge is 0.234 e. The Kier molecular flexibility index (Phi) is 6.68. The molecule has 4 nitrogen and oxygen atoms in total. The summed E-state index contributed by atoms with van der Waals surface area (Å²) in [6.45, 7) is 7.38. The number of nitrogens with zero attached hydrogens (tertiary/aromatic N) is 2. The van der Waals surface area contributed by atoms with Crippen molar-refractivity contribution in [1.29, 1.82) is 0 Å². The lowest BCUT2D eigenvalue weighted by Crippen LogP contribution is -2.46. The van der Waals surface area contributed by atoms with E-state index in [0.29, 0.717) is 5.69 Å². The van der Waals surface area contributed by atoms with Crippen LogP contribution >= 0.6 is 11.8 Å². The Morgan fingerprint density at radius 1 is 1.07 bits per heavy atom. The SMILES string of the molecule is CCN1CCN(c2ccc(NC(=O)CSc3ccc(F)cc3F)cc2)CC1. The molecule has 7 heteroatoms. The van der Waals surface area contributed by atoms with E-state index in [2.05, 4.69) is 22.0 Å². The van der Waals surface area contributed by atoms with Crippen molar-refractivity contribution in [2.45, 2.75) is 11.8 Å². The fourth-order valence-electron chi connectivity index (χ4n) is 3.01. The Morgan fingerprint density at radius 3 is 2.41 bits per heavy atom. The number of amides is 1. The zero-order valence-electron chi connectivity index (χ0n) is 15.3. The molecule has 1 saturated heterocycles. The van der Waals surface area contributed by atoms with Gasteiger partial charge in [0.1, 0.15) is 11.6 Å². The van der Waals surface area contributed by atoms with E-state index in [-0.39, 0.29) is 16.6 Å². The van der Waals surface area contributed by atoms with Crippen molar-refractivity contribution < 1.29 is 13.6 Å². The molecule has 1 N–H and O–H groups in total. The number of halogens is 2. The van der Waals surface area contributed by atoms with E-state index in [0.717, 1.165) is 56.2 Å². The Morgan fingerprint density at radius 2 is 1.78 bits per heavy atom. The number of hydrogen-bond acceptors (Lipinski definition) is 4.